The van der Waals surface area contributed by atoms with Crippen molar-refractivity contribution in [3.05, 3.63) is 29.8 Å². The Balaban J connectivity index is 1.93. The summed E-state index contributed by atoms with van der Waals surface area (Å²) in [5.41, 5.74) is 7.97. The average molecular weight is 248 g/mol. The Hall–Kier alpha value is -1.06. The Labute approximate surface area is 110 Å². The van der Waals surface area contributed by atoms with Crippen molar-refractivity contribution in [1.82, 2.24) is 4.90 Å². The molecule has 3 nitrogen and oxygen atoms in total. The second kappa shape index (κ2) is 6.21. The predicted molar refractivity (Wildman–Crippen MR) is 75.4 cm³/mol. The van der Waals surface area contributed by atoms with Crippen molar-refractivity contribution < 1.29 is 4.74 Å². The first-order valence-corrected chi connectivity index (χ1v) is 6.80. The van der Waals surface area contributed by atoms with Crippen LogP contribution in [-0.4, -0.2) is 31.7 Å². The van der Waals surface area contributed by atoms with Crippen molar-refractivity contribution in [3.63, 3.8) is 0 Å². The predicted octanol–water partition coefficient (Wildman–Crippen LogP) is 2.69. The molecule has 0 spiro atoms. The highest BCUT2D eigenvalue weighted by atomic mass is 16.5. The van der Waals surface area contributed by atoms with E-state index in [1.54, 1.807) is 0 Å². The van der Waals surface area contributed by atoms with Gasteiger partial charge in [-0.05, 0) is 50.4 Å². The van der Waals surface area contributed by atoms with Crippen LogP contribution in [0, 0.1) is 5.92 Å². The van der Waals surface area contributed by atoms with Crippen molar-refractivity contribution in [2.75, 3.05) is 32.5 Å². The van der Waals surface area contributed by atoms with Crippen LogP contribution in [0.15, 0.2) is 24.3 Å². The Bertz CT molecular complexity index is 375. The van der Waals surface area contributed by atoms with Gasteiger partial charge in [-0.3, -0.25) is 4.90 Å². The van der Waals surface area contributed by atoms with Crippen LogP contribution in [-0.2, 0) is 4.74 Å². The van der Waals surface area contributed by atoms with Crippen LogP contribution in [0.1, 0.15) is 31.4 Å². The zero-order valence-electron chi connectivity index (χ0n) is 11.4. The minimum absolute atomic E-state index is 0.399. The molecule has 1 aliphatic heterocycles. The van der Waals surface area contributed by atoms with E-state index in [2.05, 4.69) is 31.0 Å². The molecule has 1 heterocycles. The number of hydrogen-bond acceptors (Lipinski definition) is 3. The molecule has 0 aliphatic carbocycles. The van der Waals surface area contributed by atoms with Gasteiger partial charge in [-0.1, -0.05) is 12.1 Å². The van der Waals surface area contributed by atoms with Gasteiger partial charge in [-0.25, -0.2) is 0 Å². The molecular weight excluding hydrogens is 224 g/mol. The summed E-state index contributed by atoms with van der Waals surface area (Å²) in [5.74, 6) is 0.673. The minimum Gasteiger partial charge on any atom is -0.399 e. The first-order chi connectivity index (χ1) is 8.66. The lowest BCUT2D eigenvalue weighted by Gasteiger charge is -2.31. The number of hydrogen-bond donors (Lipinski definition) is 1. The smallest absolute Gasteiger partial charge is 0.0506 e. The molecule has 2 N–H and O–H groups in total. The van der Waals surface area contributed by atoms with E-state index in [4.69, 9.17) is 10.5 Å². The van der Waals surface area contributed by atoms with E-state index in [9.17, 15) is 0 Å². The zero-order chi connectivity index (χ0) is 13.0. The van der Waals surface area contributed by atoms with Gasteiger partial charge in [0, 0.05) is 24.9 Å². The molecule has 3 heteroatoms. The van der Waals surface area contributed by atoms with Crippen LogP contribution in [0.5, 0.6) is 0 Å². The van der Waals surface area contributed by atoms with E-state index >= 15 is 0 Å². The molecular formula is C15H24N2O. The first kappa shape index (κ1) is 13.4. The van der Waals surface area contributed by atoms with Gasteiger partial charge in [-0.15, -0.1) is 0 Å². The molecule has 1 aliphatic rings. The van der Waals surface area contributed by atoms with E-state index in [1.807, 2.05) is 12.1 Å². The number of rotatable bonds is 4. The third-order valence-electron chi connectivity index (χ3n) is 3.86. The number of nitrogens with two attached hydrogens (primary N) is 1. The molecule has 100 valence electrons. The van der Waals surface area contributed by atoms with Gasteiger partial charge in [0.2, 0.25) is 0 Å². The van der Waals surface area contributed by atoms with Crippen LogP contribution >= 0.6 is 0 Å². The second-order valence-corrected chi connectivity index (χ2v) is 5.37. The fourth-order valence-corrected chi connectivity index (χ4v) is 2.59. The van der Waals surface area contributed by atoms with Crippen molar-refractivity contribution in [3.8, 4) is 0 Å². The second-order valence-electron chi connectivity index (χ2n) is 5.37. The zero-order valence-corrected chi connectivity index (χ0v) is 11.4. The van der Waals surface area contributed by atoms with Crippen molar-refractivity contribution in [2.45, 2.75) is 25.8 Å². The maximum Gasteiger partial charge on any atom is 0.0506 e. The molecule has 0 aromatic heterocycles. The van der Waals surface area contributed by atoms with E-state index < -0.39 is 0 Å². The molecule has 1 saturated heterocycles. The Kier molecular flexibility index (Phi) is 4.61. The van der Waals surface area contributed by atoms with Crippen LogP contribution in [0.2, 0.25) is 0 Å². The highest BCUT2D eigenvalue weighted by Crippen LogP contribution is 2.23. The van der Waals surface area contributed by atoms with Gasteiger partial charge in [0.15, 0.2) is 0 Å². The number of ether oxygens (including phenoxy) is 1. The first-order valence-electron chi connectivity index (χ1n) is 6.80. The van der Waals surface area contributed by atoms with E-state index in [0.29, 0.717) is 12.0 Å². The van der Waals surface area contributed by atoms with Crippen molar-refractivity contribution in [2.24, 2.45) is 5.92 Å². The highest BCUT2D eigenvalue weighted by molar-refractivity contribution is 5.41. The van der Waals surface area contributed by atoms with Gasteiger partial charge in [0.1, 0.15) is 0 Å². The van der Waals surface area contributed by atoms with Crippen molar-refractivity contribution >= 4 is 5.69 Å². The van der Waals surface area contributed by atoms with Gasteiger partial charge in [-0.2, -0.15) is 0 Å². The topological polar surface area (TPSA) is 38.5 Å². The number of benzene rings is 1. The summed E-state index contributed by atoms with van der Waals surface area (Å²) in [5, 5.41) is 0. The average Bonchev–Trinajstić information content (AvgIpc) is 2.39. The monoisotopic (exact) mass is 248 g/mol. The summed E-state index contributed by atoms with van der Waals surface area (Å²) < 4.78 is 5.54. The molecule has 2 atom stereocenters. The quantitative estimate of drug-likeness (QED) is 0.833. The summed E-state index contributed by atoms with van der Waals surface area (Å²) in [6, 6.07) is 8.58. The summed E-state index contributed by atoms with van der Waals surface area (Å²) in [4.78, 5) is 2.40. The fraction of sp³-hybridized carbons (Fsp3) is 0.600. The fourth-order valence-electron chi connectivity index (χ4n) is 2.59. The SMILES string of the molecule is CC(c1cccc(N)c1)N(C)CC1CCCOC1. The van der Waals surface area contributed by atoms with Crippen LogP contribution in [0.3, 0.4) is 0 Å². The standard InChI is InChI=1S/C15H24N2O/c1-12(14-6-3-7-15(16)9-14)17(2)10-13-5-4-8-18-11-13/h3,6-7,9,12-13H,4-5,8,10-11,16H2,1-2H3. The van der Waals surface area contributed by atoms with Gasteiger partial charge < -0.3 is 10.5 Å². The molecule has 1 aromatic carbocycles. The Morgan fingerprint density at radius 1 is 1.50 bits per heavy atom. The molecule has 0 saturated carbocycles. The molecule has 2 unspecified atom stereocenters. The highest BCUT2D eigenvalue weighted by Gasteiger charge is 2.19. The van der Waals surface area contributed by atoms with E-state index in [0.717, 1.165) is 25.4 Å². The minimum atomic E-state index is 0.399. The number of nitrogen functional groups attached to an aromatic ring is 1. The third kappa shape index (κ3) is 3.47. The maximum absolute atomic E-state index is 5.84. The molecule has 0 bridgehead atoms. The lowest BCUT2D eigenvalue weighted by atomic mass is 10.00. The largest absolute Gasteiger partial charge is 0.399 e. The lowest BCUT2D eigenvalue weighted by Crippen LogP contribution is -2.32. The third-order valence-corrected chi connectivity index (χ3v) is 3.86. The molecule has 1 aromatic rings. The van der Waals surface area contributed by atoms with Crippen LogP contribution < -0.4 is 5.73 Å². The number of anilines is 1. The van der Waals surface area contributed by atoms with Gasteiger partial charge in [0.25, 0.3) is 0 Å². The molecule has 1 fully saturated rings. The molecule has 0 radical (unpaired) electrons. The van der Waals surface area contributed by atoms with Gasteiger partial charge >= 0.3 is 0 Å². The summed E-state index contributed by atoms with van der Waals surface area (Å²) in [7, 11) is 2.18. The molecule has 18 heavy (non-hydrogen) atoms. The Morgan fingerprint density at radius 3 is 3.00 bits per heavy atom. The van der Waals surface area contributed by atoms with Gasteiger partial charge in [0.05, 0.1) is 6.61 Å². The van der Waals surface area contributed by atoms with Crippen LogP contribution in [0.4, 0.5) is 5.69 Å². The summed E-state index contributed by atoms with van der Waals surface area (Å²) >= 11 is 0. The van der Waals surface area contributed by atoms with E-state index in [-0.39, 0.29) is 0 Å². The van der Waals surface area contributed by atoms with Crippen molar-refractivity contribution in [1.29, 1.82) is 0 Å². The Morgan fingerprint density at radius 2 is 2.33 bits per heavy atom. The number of nitrogens with zero attached hydrogens (tertiary/aromatic N) is 1. The maximum atomic E-state index is 5.84. The molecule has 0 amide bonds. The normalized spacial score (nSPS) is 22.1. The summed E-state index contributed by atoms with van der Waals surface area (Å²) in [6.07, 6.45) is 2.49. The summed E-state index contributed by atoms with van der Waals surface area (Å²) in [6.45, 7) is 5.17. The van der Waals surface area contributed by atoms with E-state index in [1.165, 1.54) is 18.4 Å². The lowest BCUT2D eigenvalue weighted by molar-refractivity contribution is 0.0372. The van der Waals surface area contributed by atoms with Crippen LogP contribution in [0.25, 0.3) is 0 Å². The molecule has 2 rings (SSSR count).